The van der Waals surface area contributed by atoms with Gasteiger partial charge in [-0.3, -0.25) is 9.59 Å². The highest BCUT2D eigenvalue weighted by Gasteiger charge is 2.26. The van der Waals surface area contributed by atoms with Crippen molar-refractivity contribution in [1.82, 2.24) is 9.88 Å². The lowest BCUT2D eigenvalue weighted by Gasteiger charge is -2.31. The van der Waals surface area contributed by atoms with E-state index in [0.29, 0.717) is 0 Å². The van der Waals surface area contributed by atoms with Crippen LogP contribution in [-0.2, 0) is 23.9 Å². The second kappa shape index (κ2) is 12.6. The third-order valence-electron chi connectivity index (χ3n) is 5.15. The molecule has 10 heteroatoms. The Hall–Kier alpha value is -2.82. The fraction of sp³-hybridized carbons (Fsp3) is 0.500. The fourth-order valence-corrected chi connectivity index (χ4v) is 3.80. The zero-order valence-corrected chi connectivity index (χ0v) is 20.8. The average molecular weight is 493 g/mol. The van der Waals surface area contributed by atoms with E-state index >= 15 is 0 Å². The van der Waals surface area contributed by atoms with Crippen LogP contribution in [0.2, 0.25) is 0 Å². The summed E-state index contributed by atoms with van der Waals surface area (Å²) >= 11 is 1.51. The third kappa shape index (κ3) is 8.51. The zero-order chi connectivity index (χ0) is 25.4. The van der Waals surface area contributed by atoms with Crippen LogP contribution in [0, 0.1) is 6.92 Å². The van der Waals surface area contributed by atoms with Crippen LogP contribution in [-0.4, -0.2) is 74.9 Å². The maximum absolute atomic E-state index is 13.0. The molecule has 0 aliphatic carbocycles. The summed E-state index contributed by atoms with van der Waals surface area (Å²) in [5, 5.41) is 23.8. The quantitative estimate of drug-likeness (QED) is 0.615. The maximum Gasteiger partial charge on any atom is 0.330 e. The van der Waals surface area contributed by atoms with Crippen LogP contribution in [0.15, 0.2) is 35.3 Å². The lowest BCUT2D eigenvalue weighted by Crippen LogP contribution is -2.45. The van der Waals surface area contributed by atoms with Crippen LogP contribution in [0.3, 0.4) is 0 Å². The molecule has 34 heavy (non-hydrogen) atoms. The molecule has 1 aromatic heterocycles. The molecule has 186 valence electrons. The Bertz CT molecular complexity index is 968. The van der Waals surface area contributed by atoms with Gasteiger partial charge in [-0.2, -0.15) is 0 Å². The molecule has 0 fully saturated rings. The Balaban J connectivity index is 2.33. The number of cyclic esters (lactones) is 2. The van der Waals surface area contributed by atoms with E-state index in [1.165, 1.54) is 48.3 Å². The van der Waals surface area contributed by atoms with Crippen molar-refractivity contribution in [1.29, 1.82) is 0 Å². The van der Waals surface area contributed by atoms with E-state index in [1.54, 1.807) is 6.92 Å². The van der Waals surface area contributed by atoms with Gasteiger partial charge in [0.25, 0.3) is 0 Å². The molecule has 1 amide bonds. The highest BCUT2D eigenvalue weighted by molar-refractivity contribution is 7.09. The predicted octanol–water partition coefficient (Wildman–Crippen LogP) is 2.17. The first-order chi connectivity index (χ1) is 16.0. The normalized spacial score (nSPS) is 30.0. The van der Waals surface area contributed by atoms with Crippen LogP contribution < -0.4 is 0 Å². The molecule has 0 spiro atoms. The minimum absolute atomic E-state index is 0.175. The Labute approximate surface area is 203 Å². The van der Waals surface area contributed by atoms with Gasteiger partial charge in [0.1, 0.15) is 18.3 Å². The summed E-state index contributed by atoms with van der Waals surface area (Å²) in [6.45, 7) is 8.60. The monoisotopic (exact) mass is 492 g/mol. The molecule has 5 atom stereocenters. The lowest BCUT2D eigenvalue weighted by atomic mass is 10.1. The Morgan fingerprint density at radius 3 is 2.47 bits per heavy atom. The largest absolute Gasteiger partial charge is 0.459 e. The van der Waals surface area contributed by atoms with Crippen LogP contribution in [0.4, 0.5) is 0 Å². The average Bonchev–Trinajstić information content (AvgIpc) is 3.16. The first kappa shape index (κ1) is 27.4. The molecular weight excluding hydrogens is 460 g/mol. The number of thiazole rings is 1. The Kier molecular flexibility index (Phi) is 10.2. The molecule has 2 rings (SSSR count). The van der Waals surface area contributed by atoms with Gasteiger partial charge in [0.15, 0.2) is 0 Å². The molecule has 0 aromatic carbocycles. The summed E-state index contributed by atoms with van der Waals surface area (Å²) in [6, 6.07) is -0.709. The van der Waals surface area contributed by atoms with Crippen molar-refractivity contribution >= 4 is 35.3 Å². The van der Waals surface area contributed by atoms with E-state index in [2.05, 4.69) is 4.98 Å². The SMILES string of the molecule is C/C(=C\c1csc(C)n1)CN1C(=O)/C=C/[C@@H](O)[C@H](C)OC(=O)C[C@H](C)OC(=O)/C=C/[C@@H](O)[C@@H]1C. The number of rotatable bonds is 3. The summed E-state index contributed by atoms with van der Waals surface area (Å²) < 4.78 is 10.3. The Morgan fingerprint density at radius 1 is 1.15 bits per heavy atom. The van der Waals surface area contributed by atoms with Crippen molar-refractivity contribution in [2.75, 3.05) is 6.54 Å². The van der Waals surface area contributed by atoms with Crippen molar-refractivity contribution in [2.24, 2.45) is 0 Å². The minimum atomic E-state index is -1.23. The zero-order valence-electron chi connectivity index (χ0n) is 20.0. The number of aliphatic hydroxyl groups excluding tert-OH is 2. The van der Waals surface area contributed by atoms with E-state index in [0.717, 1.165) is 22.4 Å². The van der Waals surface area contributed by atoms with Gasteiger partial charge in [0, 0.05) is 24.1 Å². The topological polar surface area (TPSA) is 126 Å². The number of hydrogen-bond donors (Lipinski definition) is 2. The van der Waals surface area contributed by atoms with Crippen molar-refractivity contribution in [2.45, 2.75) is 71.5 Å². The van der Waals surface area contributed by atoms with Gasteiger partial charge < -0.3 is 24.6 Å². The third-order valence-corrected chi connectivity index (χ3v) is 5.95. The number of aryl methyl sites for hydroxylation is 1. The first-order valence-electron chi connectivity index (χ1n) is 11.0. The van der Waals surface area contributed by atoms with Crippen molar-refractivity contribution in [3.05, 3.63) is 46.0 Å². The molecule has 1 aliphatic heterocycles. The number of amides is 1. The standard InChI is InChI=1S/C24H32N2O7S/c1-14(10-19-13-34-18(5)25-19)12-26-16(3)20(27)7-9-23(30)32-15(2)11-24(31)33-17(4)21(28)6-8-22(26)29/h6-10,13,15-17,20-21,27-28H,11-12H2,1-5H3/b8-6+,9-7+,14-10+/t15-,16-,17-,20+,21+/m0/s1. The summed E-state index contributed by atoms with van der Waals surface area (Å²) in [5.41, 5.74) is 1.59. The molecule has 1 aromatic rings. The summed E-state index contributed by atoms with van der Waals surface area (Å²) in [7, 11) is 0. The van der Waals surface area contributed by atoms with Gasteiger partial charge in [-0.15, -0.1) is 11.3 Å². The van der Waals surface area contributed by atoms with Gasteiger partial charge in [-0.05, 0) is 52.8 Å². The number of hydrogen-bond acceptors (Lipinski definition) is 9. The molecule has 2 heterocycles. The van der Waals surface area contributed by atoms with E-state index in [9.17, 15) is 24.6 Å². The smallest absolute Gasteiger partial charge is 0.330 e. The molecule has 2 N–H and O–H groups in total. The van der Waals surface area contributed by atoms with Crippen LogP contribution in [0.5, 0.6) is 0 Å². The highest BCUT2D eigenvalue weighted by Crippen LogP contribution is 2.16. The molecule has 0 unspecified atom stereocenters. The number of aromatic nitrogens is 1. The fourth-order valence-electron chi connectivity index (χ4n) is 3.23. The molecule has 1 aliphatic rings. The van der Waals surface area contributed by atoms with Gasteiger partial charge >= 0.3 is 11.9 Å². The van der Waals surface area contributed by atoms with Gasteiger partial charge in [0.2, 0.25) is 5.91 Å². The maximum atomic E-state index is 13.0. The number of aliphatic hydroxyl groups is 2. The predicted molar refractivity (Wildman–Crippen MR) is 128 cm³/mol. The minimum Gasteiger partial charge on any atom is -0.459 e. The number of esters is 2. The second-order valence-corrected chi connectivity index (χ2v) is 9.40. The summed E-state index contributed by atoms with van der Waals surface area (Å²) in [5.74, 6) is -1.86. The molecule has 0 radical (unpaired) electrons. The van der Waals surface area contributed by atoms with E-state index in [1.807, 2.05) is 25.3 Å². The molecular formula is C24H32N2O7S. The molecule has 0 saturated carbocycles. The van der Waals surface area contributed by atoms with Crippen molar-refractivity contribution in [3.8, 4) is 0 Å². The lowest BCUT2D eigenvalue weighted by molar-refractivity contribution is -0.157. The number of nitrogens with zero attached hydrogens (tertiary/aromatic N) is 2. The number of ether oxygens (including phenoxy) is 2. The first-order valence-corrected chi connectivity index (χ1v) is 11.9. The molecule has 0 saturated heterocycles. The van der Waals surface area contributed by atoms with Crippen molar-refractivity contribution in [3.63, 3.8) is 0 Å². The highest BCUT2D eigenvalue weighted by atomic mass is 32.1. The van der Waals surface area contributed by atoms with Crippen LogP contribution >= 0.6 is 11.3 Å². The van der Waals surface area contributed by atoms with Crippen LogP contribution in [0.1, 0.15) is 44.8 Å². The number of carbonyl (C=O) groups excluding carboxylic acids is 3. The van der Waals surface area contributed by atoms with E-state index in [-0.39, 0.29) is 13.0 Å². The van der Waals surface area contributed by atoms with Gasteiger partial charge in [-0.1, -0.05) is 5.57 Å². The van der Waals surface area contributed by atoms with Crippen molar-refractivity contribution < 1.29 is 34.1 Å². The molecule has 9 nitrogen and oxygen atoms in total. The Morgan fingerprint density at radius 2 is 1.82 bits per heavy atom. The second-order valence-electron chi connectivity index (χ2n) is 8.33. The number of carbonyl (C=O) groups is 3. The van der Waals surface area contributed by atoms with Gasteiger partial charge in [0.05, 0.1) is 29.3 Å². The summed E-state index contributed by atoms with van der Waals surface area (Å²) in [4.78, 5) is 43.0. The summed E-state index contributed by atoms with van der Waals surface area (Å²) in [6.07, 6.45) is 2.33. The van der Waals surface area contributed by atoms with E-state index in [4.69, 9.17) is 9.47 Å². The van der Waals surface area contributed by atoms with Crippen LogP contribution in [0.25, 0.3) is 6.08 Å². The van der Waals surface area contributed by atoms with E-state index < -0.39 is 48.3 Å². The van der Waals surface area contributed by atoms with Gasteiger partial charge in [-0.25, -0.2) is 9.78 Å². The molecule has 0 bridgehead atoms.